The van der Waals surface area contributed by atoms with E-state index in [9.17, 15) is 0 Å². The average Bonchev–Trinajstić information content (AvgIpc) is 3.87. The van der Waals surface area contributed by atoms with Crippen LogP contribution in [-0.4, -0.2) is 15.0 Å². The van der Waals surface area contributed by atoms with Crippen LogP contribution in [-0.2, 0) is 0 Å². The number of aromatic nitrogens is 2. The number of aliphatic imine (C=N–C) groups is 1. The molecule has 0 spiro atoms. The van der Waals surface area contributed by atoms with Gasteiger partial charge in [-0.1, -0.05) is 170 Å². The molecule has 2 unspecified atom stereocenters. The number of hydrogen-bond acceptors (Lipinski definition) is 2. The number of para-hydroxylation sites is 3. The van der Waals surface area contributed by atoms with Crippen LogP contribution in [0.1, 0.15) is 37.2 Å². The molecule has 302 valence electrons. The summed E-state index contributed by atoms with van der Waals surface area (Å²) in [6.07, 6.45) is -0.282. The number of benzene rings is 9. The average molecular weight is 811 g/mol. The predicted octanol–water partition coefficient (Wildman–Crippen LogP) is 15.2. The smallest absolute Gasteiger partial charge is 0.128 e. The van der Waals surface area contributed by atoms with E-state index < -0.39 is 0 Å². The summed E-state index contributed by atoms with van der Waals surface area (Å²) < 4.78 is 4.70. The summed E-state index contributed by atoms with van der Waals surface area (Å²) in [5.41, 5.74) is 15.4. The molecule has 2 heterocycles. The number of hydrogen-bond donors (Lipinski definition) is 1. The summed E-state index contributed by atoms with van der Waals surface area (Å²) in [5, 5.41) is 8.82. The van der Waals surface area contributed by atoms with Crippen molar-refractivity contribution in [3.8, 4) is 39.1 Å². The van der Waals surface area contributed by atoms with E-state index in [0.717, 1.165) is 28.1 Å². The first kappa shape index (κ1) is 38.2. The number of fused-ring (bicyclic) bond motifs is 6. The largest absolute Gasteiger partial charge is 0.309 e. The molecule has 0 saturated heterocycles. The molecule has 0 aliphatic rings. The fraction of sp³-hybridized carbons (Fsp3) is 0.0678. The van der Waals surface area contributed by atoms with Crippen molar-refractivity contribution >= 4 is 49.4 Å². The lowest BCUT2D eigenvalue weighted by Crippen LogP contribution is -2.25. The molecule has 0 aliphatic carbocycles. The zero-order chi connectivity index (χ0) is 42.3. The van der Waals surface area contributed by atoms with Crippen molar-refractivity contribution < 1.29 is 0 Å². The van der Waals surface area contributed by atoms with Gasteiger partial charge in [-0.25, -0.2) is 4.99 Å². The molecule has 63 heavy (non-hydrogen) atoms. The molecule has 0 amide bonds. The van der Waals surface area contributed by atoms with Crippen LogP contribution in [0.4, 0.5) is 0 Å². The molecular formula is C59H46N4. The van der Waals surface area contributed by atoms with E-state index in [-0.39, 0.29) is 12.2 Å². The zero-order valence-electron chi connectivity index (χ0n) is 35.4. The Kier molecular flexibility index (Phi) is 9.84. The van der Waals surface area contributed by atoms with Crippen LogP contribution in [0, 0.1) is 0 Å². The Morgan fingerprint density at radius 3 is 1.54 bits per heavy atom. The van der Waals surface area contributed by atoms with Crippen molar-refractivity contribution in [1.82, 2.24) is 14.5 Å². The summed E-state index contributed by atoms with van der Waals surface area (Å²) >= 11 is 0. The summed E-state index contributed by atoms with van der Waals surface area (Å²) in [7, 11) is 0. The van der Waals surface area contributed by atoms with Gasteiger partial charge in [0.15, 0.2) is 0 Å². The van der Waals surface area contributed by atoms with Crippen molar-refractivity contribution in [1.29, 1.82) is 0 Å². The summed E-state index contributed by atoms with van der Waals surface area (Å²) in [4.78, 5) is 5.51. The van der Waals surface area contributed by atoms with Gasteiger partial charge in [0, 0.05) is 33.3 Å². The molecule has 4 nitrogen and oxygen atoms in total. The molecule has 0 radical (unpaired) electrons. The molecule has 0 aliphatic heterocycles. The molecule has 4 heteroatoms. The number of nitrogens with one attached hydrogen (secondary N) is 1. The van der Waals surface area contributed by atoms with Gasteiger partial charge in [0.1, 0.15) is 12.0 Å². The Labute approximate surface area is 368 Å². The third-order valence-electron chi connectivity index (χ3n) is 12.6. The van der Waals surface area contributed by atoms with E-state index in [1.54, 1.807) is 0 Å². The van der Waals surface area contributed by atoms with E-state index in [1.807, 2.05) is 0 Å². The van der Waals surface area contributed by atoms with Crippen LogP contribution >= 0.6 is 0 Å². The maximum absolute atomic E-state index is 5.51. The standard InChI is InChI=1S/C59H46N4/c1-40(46-21-16-22-47(37-46)44-31-29-43(30-32-44)42-17-6-3-7-18-42)60-59(45-19-8-4-9-20-45)61-41(2)62-55-27-14-12-25-51(55)53-38-48(33-35-57(53)62)49-34-36-58-54(39-49)52-26-13-15-28-56(52)63(58)50-23-10-5-11-24-50/h3-40,59-60H,1-2H3. The van der Waals surface area contributed by atoms with Crippen molar-refractivity contribution in [3.05, 3.63) is 236 Å². The van der Waals surface area contributed by atoms with E-state index in [1.165, 1.54) is 71.5 Å². The highest BCUT2D eigenvalue weighted by atomic mass is 15.2. The van der Waals surface area contributed by atoms with Gasteiger partial charge in [0.05, 0.1) is 22.1 Å². The van der Waals surface area contributed by atoms with E-state index >= 15 is 0 Å². The quantitative estimate of drug-likeness (QED) is 0.114. The maximum Gasteiger partial charge on any atom is 0.128 e. The molecule has 9 aromatic carbocycles. The first-order chi connectivity index (χ1) is 31.1. The molecule has 2 atom stereocenters. The highest BCUT2D eigenvalue weighted by molar-refractivity contribution is 6.15. The van der Waals surface area contributed by atoms with Crippen LogP contribution in [0.25, 0.3) is 82.7 Å². The van der Waals surface area contributed by atoms with Gasteiger partial charge < -0.3 is 4.57 Å². The minimum absolute atomic E-state index is 0.0232. The Morgan fingerprint density at radius 1 is 0.397 bits per heavy atom. The van der Waals surface area contributed by atoms with Gasteiger partial charge in [-0.3, -0.25) is 9.88 Å². The highest BCUT2D eigenvalue weighted by Crippen LogP contribution is 2.38. The lowest BCUT2D eigenvalue weighted by Gasteiger charge is -2.23. The minimum atomic E-state index is -0.282. The third-order valence-corrected chi connectivity index (χ3v) is 12.6. The molecule has 0 fully saturated rings. The summed E-state index contributed by atoms with van der Waals surface area (Å²) in [6.45, 7) is 4.37. The van der Waals surface area contributed by atoms with E-state index in [0.29, 0.717) is 0 Å². The van der Waals surface area contributed by atoms with Crippen LogP contribution in [0.5, 0.6) is 0 Å². The fourth-order valence-corrected chi connectivity index (χ4v) is 9.40. The van der Waals surface area contributed by atoms with Crippen LogP contribution in [0.15, 0.2) is 229 Å². The Morgan fingerprint density at radius 2 is 0.841 bits per heavy atom. The normalized spacial score (nSPS) is 13.0. The van der Waals surface area contributed by atoms with Crippen LogP contribution in [0.3, 0.4) is 0 Å². The monoisotopic (exact) mass is 810 g/mol. The molecule has 0 saturated carbocycles. The van der Waals surface area contributed by atoms with Gasteiger partial charge in [0.2, 0.25) is 0 Å². The van der Waals surface area contributed by atoms with Gasteiger partial charge in [-0.05, 0) is 113 Å². The second-order valence-electron chi connectivity index (χ2n) is 16.5. The minimum Gasteiger partial charge on any atom is -0.309 e. The SMILES string of the molecule is CC(=NC(NC(C)c1cccc(-c2ccc(-c3ccccc3)cc2)c1)c1ccccc1)n1c2ccccc2c2cc(-c3ccc4c(c3)c3ccccc3n4-c3ccccc3)ccc21. The van der Waals surface area contributed by atoms with Crippen molar-refractivity contribution in [2.75, 3.05) is 0 Å². The lowest BCUT2D eigenvalue weighted by atomic mass is 9.97. The third kappa shape index (κ3) is 7.11. The molecule has 2 aromatic heterocycles. The number of rotatable bonds is 9. The van der Waals surface area contributed by atoms with Crippen molar-refractivity contribution in [2.45, 2.75) is 26.1 Å². The van der Waals surface area contributed by atoms with E-state index in [4.69, 9.17) is 4.99 Å². The second-order valence-corrected chi connectivity index (χ2v) is 16.5. The van der Waals surface area contributed by atoms with Crippen LogP contribution < -0.4 is 5.32 Å². The van der Waals surface area contributed by atoms with Crippen molar-refractivity contribution in [3.63, 3.8) is 0 Å². The lowest BCUT2D eigenvalue weighted by molar-refractivity contribution is 0.480. The molecule has 1 N–H and O–H groups in total. The van der Waals surface area contributed by atoms with Gasteiger partial charge in [-0.2, -0.15) is 0 Å². The van der Waals surface area contributed by atoms with Crippen LogP contribution in [0.2, 0.25) is 0 Å². The fourth-order valence-electron chi connectivity index (χ4n) is 9.40. The molecule has 0 bridgehead atoms. The molecule has 11 aromatic rings. The Bertz CT molecular complexity index is 3430. The molecule has 11 rings (SSSR count). The second kappa shape index (κ2) is 16.2. The maximum atomic E-state index is 5.51. The summed E-state index contributed by atoms with van der Waals surface area (Å²) in [5.74, 6) is 0.921. The van der Waals surface area contributed by atoms with E-state index in [2.05, 4.69) is 253 Å². The molecular weight excluding hydrogens is 765 g/mol. The van der Waals surface area contributed by atoms with Crippen molar-refractivity contribution in [2.24, 2.45) is 4.99 Å². The van der Waals surface area contributed by atoms with Gasteiger partial charge in [-0.15, -0.1) is 0 Å². The summed E-state index contributed by atoms with van der Waals surface area (Å²) in [6, 6.07) is 80.7. The van der Waals surface area contributed by atoms with Gasteiger partial charge in [0.25, 0.3) is 0 Å². The zero-order valence-corrected chi connectivity index (χ0v) is 35.4. The first-order valence-electron chi connectivity index (χ1n) is 21.8. The van der Waals surface area contributed by atoms with Gasteiger partial charge >= 0.3 is 0 Å². The topological polar surface area (TPSA) is 34.2 Å². The highest BCUT2D eigenvalue weighted by Gasteiger charge is 2.20. The first-order valence-corrected chi connectivity index (χ1v) is 21.8. The number of nitrogens with zero attached hydrogens (tertiary/aromatic N) is 3. The predicted molar refractivity (Wildman–Crippen MR) is 266 cm³/mol. The Balaban J connectivity index is 0.939. The Hall–Kier alpha value is -7.79.